The van der Waals surface area contributed by atoms with Gasteiger partial charge < -0.3 is 30.0 Å². The van der Waals surface area contributed by atoms with Crippen molar-refractivity contribution in [1.29, 1.82) is 0 Å². The molecule has 0 radical (unpaired) electrons. The second-order valence-electron chi connectivity index (χ2n) is 14.6. The number of nitrogens with one attached hydrogen (secondary N) is 2. The number of nitrogens with zero attached hydrogens (tertiary/aromatic N) is 1. The van der Waals surface area contributed by atoms with Crippen LogP contribution in [-0.4, -0.2) is 65.5 Å². The highest BCUT2D eigenvalue weighted by molar-refractivity contribution is 7.17. The van der Waals surface area contributed by atoms with Gasteiger partial charge in [-0.25, -0.2) is 4.79 Å². The number of benzene rings is 4. The number of aromatic amines is 1. The van der Waals surface area contributed by atoms with Gasteiger partial charge in [0.2, 0.25) is 11.2 Å². The molecule has 2 heterocycles. The lowest BCUT2D eigenvalue weighted by molar-refractivity contribution is -0.164. The fraction of sp³-hybridized carbons (Fsp3) is 0.378. The number of aliphatic hydroxyl groups is 1. The van der Waals surface area contributed by atoms with Crippen LogP contribution in [0.15, 0.2) is 114 Å². The Balaban J connectivity index is 0.916. The molecule has 1 aromatic heterocycles. The summed E-state index contributed by atoms with van der Waals surface area (Å²) in [6, 6.07) is 33.5. The van der Waals surface area contributed by atoms with E-state index in [2.05, 4.69) is 48.7 Å². The maximum Gasteiger partial charge on any atom is 0.347 e. The van der Waals surface area contributed by atoms with E-state index in [0.717, 1.165) is 88.6 Å². The molecule has 4 aromatic carbocycles. The lowest BCUT2D eigenvalue weighted by Gasteiger charge is -2.33. The van der Waals surface area contributed by atoms with Crippen LogP contribution in [0.2, 0.25) is 0 Å². The molecule has 55 heavy (non-hydrogen) atoms. The van der Waals surface area contributed by atoms with Crippen molar-refractivity contribution in [3.8, 4) is 11.5 Å². The first-order chi connectivity index (χ1) is 26.8. The van der Waals surface area contributed by atoms with Crippen molar-refractivity contribution in [1.82, 2.24) is 15.2 Å². The lowest BCUT2D eigenvalue weighted by atomic mass is 9.86. The van der Waals surface area contributed by atoms with E-state index in [1.54, 1.807) is 36.4 Å². The molecule has 1 aliphatic rings. The number of piperidine rings is 1. The number of fused-ring (bicyclic) bond motifs is 1. The van der Waals surface area contributed by atoms with Crippen LogP contribution in [0.25, 0.3) is 10.9 Å². The highest BCUT2D eigenvalue weighted by Gasteiger charge is 2.42. The van der Waals surface area contributed by atoms with Crippen LogP contribution in [0.1, 0.15) is 72.9 Å². The van der Waals surface area contributed by atoms with E-state index >= 15 is 0 Å². The number of unbranched alkanes of at least 4 members (excludes halogenated alkanes) is 4. The number of rotatable bonds is 19. The van der Waals surface area contributed by atoms with Crippen molar-refractivity contribution in [3.63, 3.8) is 0 Å². The molecule has 0 spiro atoms. The highest BCUT2D eigenvalue weighted by atomic mass is 31.0. The molecule has 0 amide bonds. The van der Waals surface area contributed by atoms with Crippen LogP contribution < -0.4 is 15.6 Å². The van der Waals surface area contributed by atoms with Crippen LogP contribution in [0.3, 0.4) is 0 Å². The summed E-state index contributed by atoms with van der Waals surface area (Å²) in [5.41, 5.74) is 1.66. The topological polar surface area (TPSA) is 124 Å². The molecule has 1 saturated heterocycles. The zero-order chi connectivity index (χ0) is 38.5. The molecular formula is C45H54N3O6P. The van der Waals surface area contributed by atoms with Crippen LogP contribution in [0.5, 0.6) is 11.5 Å². The van der Waals surface area contributed by atoms with E-state index in [1.807, 2.05) is 42.5 Å². The van der Waals surface area contributed by atoms with Gasteiger partial charge in [-0.15, -0.1) is 9.24 Å². The minimum Gasteiger partial charge on any atom is -0.506 e. The summed E-state index contributed by atoms with van der Waals surface area (Å²) in [6.07, 6.45) is 7.07. The van der Waals surface area contributed by atoms with E-state index < -0.39 is 11.6 Å². The fourth-order valence-corrected chi connectivity index (χ4v) is 7.82. The molecule has 0 bridgehead atoms. The molecule has 3 atom stereocenters. The van der Waals surface area contributed by atoms with Crippen LogP contribution in [0, 0.1) is 5.92 Å². The Morgan fingerprint density at radius 1 is 0.873 bits per heavy atom. The number of hydrogen-bond acceptors (Lipinski definition) is 8. The minimum absolute atomic E-state index is 0.0741. The van der Waals surface area contributed by atoms with Gasteiger partial charge in [0.15, 0.2) is 0 Å². The number of phenolic OH excluding ortho intramolecular Hbond substituents is 1. The van der Waals surface area contributed by atoms with Crippen molar-refractivity contribution in [3.05, 3.63) is 142 Å². The summed E-state index contributed by atoms with van der Waals surface area (Å²) >= 11 is 0. The third-order valence-electron chi connectivity index (χ3n) is 10.6. The van der Waals surface area contributed by atoms with Gasteiger partial charge in [0.1, 0.15) is 11.5 Å². The third kappa shape index (κ3) is 10.8. The molecule has 5 aromatic rings. The van der Waals surface area contributed by atoms with Crippen molar-refractivity contribution >= 4 is 26.1 Å². The standard InChI is InChI=1S/C45H54N3O6P/c49-40-21-19-38(39-20-22-42(50)47-43(39)40)41(55)30-46-25-10-2-1-3-11-28-53-37-18-12-17-36(29-37)45(52,35-15-8-5-9-16-35)44(51)54-32-34-23-26-48(27-24-34)31-33-13-6-4-7-14-33/h4-9,12-22,29,34,41,46,49,52H,1-3,10-11,23-28,30-32,55H2,(H,47,50)/t41-,45-/m0/s1. The molecular weight excluding hydrogens is 709 g/mol. The molecule has 1 unspecified atom stereocenters. The normalized spacial score (nSPS) is 15.4. The molecule has 9 nitrogen and oxygen atoms in total. The zero-order valence-electron chi connectivity index (χ0n) is 31.5. The predicted molar refractivity (Wildman–Crippen MR) is 221 cm³/mol. The first-order valence-corrected chi connectivity index (χ1v) is 20.2. The second-order valence-corrected chi connectivity index (χ2v) is 15.4. The molecule has 0 aliphatic carbocycles. The van der Waals surface area contributed by atoms with Gasteiger partial charge in [0.05, 0.1) is 18.7 Å². The van der Waals surface area contributed by atoms with E-state index in [0.29, 0.717) is 29.0 Å². The molecule has 6 rings (SSSR count). The SMILES string of the molecule is O=C(OCC1CCN(Cc2ccccc2)CC1)[C@](O)(c1ccccc1)c1cccc(OCCCCCCCNC[C@H](P)c2ccc(O)c3[nH]c(=O)ccc23)c1. The number of pyridine rings is 1. The first kappa shape index (κ1) is 40.1. The Labute approximate surface area is 326 Å². The number of likely N-dealkylation sites (tertiary alicyclic amines) is 1. The average molecular weight is 764 g/mol. The molecule has 290 valence electrons. The minimum atomic E-state index is -1.96. The van der Waals surface area contributed by atoms with Gasteiger partial charge in [-0.2, -0.15) is 0 Å². The van der Waals surface area contributed by atoms with Crippen LogP contribution in [0.4, 0.5) is 0 Å². The Kier molecular flexibility index (Phi) is 14.5. The van der Waals surface area contributed by atoms with Crippen LogP contribution >= 0.6 is 9.24 Å². The summed E-state index contributed by atoms with van der Waals surface area (Å²) in [7, 11) is 2.86. The quantitative estimate of drug-likeness (QED) is 0.0389. The molecule has 1 fully saturated rings. The van der Waals surface area contributed by atoms with E-state index in [-0.39, 0.29) is 29.5 Å². The number of carbonyl (C=O) groups is 1. The Morgan fingerprint density at radius 2 is 1.58 bits per heavy atom. The number of aromatic nitrogens is 1. The summed E-state index contributed by atoms with van der Waals surface area (Å²) < 4.78 is 12.0. The van der Waals surface area contributed by atoms with Crippen molar-refractivity contribution in [2.75, 3.05) is 39.4 Å². The Bertz CT molecular complexity index is 2020. The Morgan fingerprint density at radius 3 is 2.36 bits per heavy atom. The predicted octanol–water partition coefficient (Wildman–Crippen LogP) is 7.46. The van der Waals surface area contributed by atoms with Gasteiger partial charge in [-0.05, 0) is 92.2 Å². The number of phenols is 1. The van der Waals surface area contributed by atoms with Crippen molar-refractivity contribution in [2.24, 2.45) is 5.92 Å². The smallest absolute Gasteiger partial charge is 0.347 e. The number of esters is 1. The van der Waals surface area contributed by atoms with Gasteiger partial charge in [0.25, 0.3) is 0 Å². The highest BCUT2D eigenvalue weighted by Crippen LogP contribution is 2.35. The Hall–Kier alpha value is -4.53. The zero-order valence-corrected chi connectivity index (χ0v) is 32.7. The van der Waals surface area contributed by atoms with Gasteiger partial charge in [-0.1, -0.05) is 98.1 Å². The molecule has 1 aliphatic heterocycles. The number of ether oxygens (including phenoxy) is 2. The fourth-order valence-electron chi connectivity index (χ4n) is 7.37. The van der Waals surface area contributed by atoms with Crippen LogP contribution in [-0.2, 0) is 21.7 Å². The lowest BCUT2D eigenvalue weighted by Crippen LogP contribution is -2.40. The van der Waals surface area contributed by atoms with E-state index in [4.69, 9.17) is 9.47 Å². The molecule has 4 N–H and O–H groups in total. The van der Waals surface area contributed by atoms with Gasteiger partial charge >= 0.3 is 5.97 Å². The summed E-state index contributed by atoms with van der Waals surface area (Å²) in [5, 5.41) is 26.6. The summed E-state index contributed by atoms with van der Waals surface area (Å²) in [6.45, 7) is 5.31. The monoisotopic (exact) mass is 763 g/mol. The first-order valence-electron chi connectivity index (χ1n) is 19.6. The number of carbonyl (C=O) groups excluding carboxylic acids is 1. The number of aromatic hydroxyl groups is 1. The van der Waals surface area contributed by atoms with E-state index in [9.17, 15) is 19.8 Å². The van der Waals surface area contributed by atoms with Gasteiger partial charge in [0, 0.05) is 35.8 Å². The maximum atomic E-state index is 13.8. The average Bonchev–Trinajstić information content (AvgIpc) is 3.22. The summed E-state index contributed by atoms with van der Waals surface area (Å²) in [5.74, 6) is 0.258. The second kappa shape index (κ2) is 19.9. The van der Waals surface area contributed by atoms with E-state index in [1.165, 1.54) is 11.6 Å². The van der Waals surface area contributed by atoms with Crippen molar-refractivity contribution < 1.29 is 24.5 Å². The molecule has 10 heteroatoms. The van der Waals surface area contributed by atoms with Gasteiger partial charge in [-0.3, -0.25) is 9.69 Å². The maximum absolute atomic E-state index is 13.8. The number of H-pyrrole nitrogens is 1. The molecule has 0 saturated carbocycles. The number of hydrogen-bond donors (Lipinski definition) is 4. The van der Waals surface area contributed by atoms with Crippen molar-refractivity contribution in [2.45, 2.75) is 62.8 Å². The third-order valence-corrected chi connectivity index (χ3v) is 11.2. The summed E-state index contributed by atoms with van der Waals surface area (Å²) in [4.78, 5) is 30.7. The largest absolute Gasteiger partial charge is 0.506 e.